The minimum atomic E-state index is -4.15. The van der Waals surface area contributed by atoms with Crippen LogP contribution in [0.2, 0.25) is 5.02 Å². The zero-order valence-corrected chi connectivity index (χ0v) is 11.7. The van der Waals surface area contributed by atoms with Crippen molar-refractivity contribution in [3.63, 3.8) is 0 Å². The summed E-state index contributed by atoms with van der Waals surface area (Å²) in [5.74, 6) is -0.744. The molecule has 0 aliphatic carbocycles. The van der Waals surface area contributed by atoms with Crippen molar-refractivity contribution in [3.05, 3.63) is 53.2 Å². The Hall–Kier alpha value is -1.41. The van der Waals surface area contributed by atoms with Gasteiger partial charge in [0.05, 0.1) is 12.9 Å². The highest BCUT2D eigenvalue weighted by atomic mass is 35.5. The van der Waals surface area contributed by atoms with E-state index in [-0.39, 0.29) is 10.8 Å². The lowest BCUT2D eigenvalue weighted by atomic mass is 10.2. The molecule has 108 valence electrons. The summed E-state index contributed by atoms with van der Waals surface area (Å²) >= 11 is 5.57. The average Bonchev–Trinajstić information content (AvgIpc) is 2.89. The molecule has 2 N–H and O–H groups in total. The lowest BCUT2D eigenvalue weighted by molar-refractivity contribution is 0.241. The van der Waals surface area contributed by atoms with Gasteiger partial charge in [0.15, 0.2) is 0 Å². The summed E-state index contributed by atoms with van der Waals surface area (Å²) in [5, 5.41) is 9.31. The van der Waals surface area contributed by atoms with Gasteiger partial charge in [-0.05, 0) is 30.3 Å². The van der Waals surface area contributed by atoms with Gasteiger partial charge in [-0.1, -0.05) is 11.6 Å². The second kappa shape index (κ2) is 5.92. The Morgan fingerprint density at radius 1 is 1.40 bits per heavy atom. The lowest BCUT2D eigenvalue weighted by Gasteiger charge is -2.14. The van der Waals surface area contributed by atoms with Crippen LogP contribution in [-0.2, 0) is 10.0 Å². The standard InChI is InChI=1S/C12H11ClFNO4S/c13-8-3-4-12(9(14)6-8)20(17,18)15-10(7-16)11-2-1-5-19-11/h1-6,10,15-16H,7H2. The van der Waals surface area contributed by atoms with Crippen molar-refractivity contribution in [3.8, 4) is 0 Å². The van der Waals surface area contributed by atoms with E-state index in [1.54, 1.807) is 6.07 Å². The van der Waals surface area contributed by atoms with E-state index in [0.717, 1.165) is 12.1 Å². The summed E-state index contributed by atoms with van der Waals surface area (Å²) in [7, 11) is -4.15. The smallest absolute Gasteiger partial charge is 0.244 e. The molecule has 1 aromatic carbocycles. The highest BCUT2D eigenvalue weighted by Crippen LogP contribution is 2.21. The number of hydrogen-bond donors (Lipinski definition) is 2. The van der Waals surface area contributed by atoms with E-state index in [2.05, 4.69) is 4.72 Å². The molecule has 0 fully saturated rings. The Bertz CT molecular complexity index is 687. The van der Waals surface area contributed by atoms with Crippen molar-refractivity contribution in [1.29, 1.82) is 0 Å². The maximum atomic E-state index is 13.7. The number of nitrogens with one attached hydrogen (secondary N) is 1. The molecule has 0 aliphatic rings. The monoisotopic (exact) mass is 319 g/mol. The van der Waals surface area contributed by atoms with Crippen LogP contribution in [0.15, 0.2) is 45.9 Å². The third-order valence-electron chi connectivity index (χ3n) is 2.55. The number of aliphatic hydroxyl groups excluding tert-OH is 1. The van der Waals surface area contributed by atoms with Gasteiger partial charge < -0.3 is 9.52 Å². The molecule has 0 bridgehead atoms. The first-order chi connectivity index (χ1) is 9.44. The number of aliphatic hydroxyl groups is 1. The minimum Gasteiger partial charge on any atom is -0.468 e. The highest BCUT2D eigenvalue weighted by molar-refractivity contribution is 7.89. The van der Waals surface area contributed by atoms with Crippen LogP contribution >= 0.6 is 11.6 Å². The van der Waals surface area contributed by atoms with Gasteiger partial charge in [0.25, 0.3) is 0 Å². The maximum absolute atomic E-state index is 13.7. The van der Waals surface area contributed by atoms with Crippen LogP contribution in [0.3, 0.4) is 0 Å². The minimum absolute atomic E-state index is 0.0891. The molecular formula is C12H11ClFNO4S. The van der Waals surface area contributed by atoms with Crippen LogP contribution in [0.4, 0.5) is 4.39 Å². The molecule has 2 aromatic rings. The van der Waals surface area contributed by atoms with Gasteiger partial charge in [0, 0.05) is 5.02 Å². The molecule has 0 saturated carbocycles. The first-order valence-corrected chi connectivity index (χ1v) is 7.42. The van der Waals surface area contributed by atoms with Crippen molar-refractivity contribution in [1.82, 2.24) is 4.72 Å². The Labute approximate surface area is 120 Å². The summed E-state index contributed by atoms with van der Waals surface area (Å²) in [6.45, 7) is -0.526. The summed E-state index contributed by atoms with van der Waals surface area (Å²) in [5.41, 5.74) is 0. The highest BCUT2D eigenvalue weighted by Gasteiger charge is 2.25. The van der Waals surface area contributed by atoms with E-state index in [4.69, 9.17) is 16.0 Å². The van der Waals surface area contributed by atoms with E-state index in [0.29, 0.717) is 0 Å². The number of halogens is 2. The van der Waals surface area contributed by atoms with Crippen molar-refractivity contribution < 1.29 is 22.3 Å². The quantitative estimate of drug-likeness (QED) is 0.884. The van der Waals surface area contributed by atoms with Crippen molar-refractivity contribution in [2.45, 2.75) is 10.9 Å². The largest absolute Gasteiger partial charge is 0.468 e. The zero-order valence-electron chi connectivity index (χ0n) is 10.1. The second-order valence-corrected chi connectivity index (χ2v) is 6.07. The van der Waals surface area contributed by atoms with Gasteiger partial charge >= 0.3 is 0 Å². The topological polar surface area (TPSA) is 79.5 Å². The first-order valence-electron chi connectivity index (χ1n) is 5.55. The normalized spacial score (nSPS) is 13.3. The van der Waals surface area contributed by atoms with E-state index in [9.17, 15) is 17.9 Å². The van der Waals surface area contributed by atoms with Crippen molar-refractivity contribution >= 4 is 21.6 Å². The third kappa shape index (κ3) is 3.18. The summed E-state index contributed by atoms with van der Waals surface area (Å²) < 4.78 is 45.0. The number of sulfonamides is 1. The number of benzene rings is 1. The molecule has 0 amide bonds. The molecule has 20 heavy (non-hydrogen) atoms. The fourth-order valence-corrected chi connectivity index (χ4v) is 3.03. The fourth-order valence-electron chi connectivity index (χ4n) is 1.62. The van der Waals surface area contributed by atoms with Crippen LogP contribution in [0.1, 0.15) is 11.8 Å². The van der Waals surface area contributed by atoms with Gasteiger partial charge in [0.2, 0.25) is 10.0 Å². The predicted octanol–water partition coefficient (Wildman–Crippen LogP) is 2.08. The zero-order chi connectivity index (χ0) is 14.8. The molecule has 1 atom stereocenters. The molecule has 1 heterocycles. The van der Waals surface area contributed by atoms with Crippen molar-refractivity contribution in [2.75, 3.05) is 6.61 Å². The second-order valence-electron chi connectivity index (χ2n) is 3.95. The molecule has 0 radical (unpaired) electrons. The molecule has 0 saturated heterocycles. The molecule has 8 heteroatoms. The number of furan rings is 1. The Kier molecular flexibility index (Phi) is 4.44. The van der Waals surface area contributed by atoms with Gasteiger partial charge in [0.1, 0.15) is 22.5 Å². The van der Waals surface area contributed by atoms with Crippen LogP contribution in [0.5, 0.6) is 0 Å². The number of rotatable bonds is 5. The van der Waals surface area contributed by atoms with E-state index < -0.39 is 33.4 Å². The molecule has 5 nitrogen and oxygen atoms in total. The van der Waals surface area contributed by atoms with Crippen LogP contribution < -0.4 is 4.72 Å². The fraction of sp³-hybridized carbons (Fsp3) is 0.167. The molecule has 1 unspecified atom stereocenters. The van der Waals surface area contributed by atoms with Crippen LogP contribution in [0.25, 0.3) is 0 Å². The predicted molar refractivity (Wildman–Crippen MR) is 70.3 cm³/mol. The Balaban J connectivity index is 2.31. The molecule has 2 rings (SSSR count). The molecule has 0 aliphatic heterocycles. The Morgan fingerprint density at radius 3 is 2.70 bits per heavy atom. The summed E-state index contributed by atoms with van der Waals surface area (Å²) in [6, 6.07) is 5.27. The van der Waals surface area contributed by atoms with Crippen molar-refractivity contribution in [2.24, 2.45) is 0 Å². The number of hydrogen-bond acceptors (Lipinski definition) is 4. The molecule has 0 spiro atoms. The summed E-state index contributed by atoms with van der Waals surface area (Å²) in [4.78, 5) is -0.549. The third-order valence-corrected chi connectivity index (χ3v) is 4.29. The Morgan fingerprint density at radius 2 is 2.15 bits per heavy atom. The lowest BCUT2D eigenvalue weighted by Crippen LogP contribution is -2.31. The van der Waals surface area contributed by atoms with Gasteiger partial charge in [-0.2, -0.15) is 4.72 Å². The van der Waals surface area contributed by atoms with Crippen LogP contribution in [0, 0.1) is 5.82 Å². The van der Waals surface area contributed by atoms with E-state index in [1.807, 2.05) is 0 Å². The van der Waals surface area contributed by atoms with Gasteiger partial charge in [-0.25, -0.2) is 12.8 Å². The summed E-state index contributed by atoms with van der Waals surface area (Å²) in [6.07, 6.45) is 1.34. The van der Waals surface area contributed by atoms with E-state index >= 15 is 0 Å². The van der Waals surface area contributed by atoms with E-state index in [1.165, 1.54) is 18.4 Å². The first kappa shape index (κ1) is 15.0. The average molecular weight is 320 g/mol. The van der Waals surface area contributed by atoms with Gasteiger partial charge in [-0.15, -0.1) is 0 Å². The van der Waals surface area contributed by atoms with Gasteiger partial charge in [-0.3, -0.25) is 0 Å². The SMILES string of the molecule is O=S(=O)(NC(CO)c1ccco1)c1ccc(Cl)cc1F. The maximum Gasteiger partial charge on any atom is 0.244 e. The molecule has 1 aromatic heterocycles. The molecular weight excluding hydrogens is 309 g/mol. The van der Waals surface area contributed by atoms with Crippen LogP contribution in [-0.4, -0.2) is 20.1 Å².